The Balaban J connectivity index is 1.71. The average Bonchev–Trinajstić information content (AvgIpc) is 3.32. The summed E-state index contributed by atoms with van der Waals surface area (Å²) in [5.74, 6) is -0.941. The van der Waals surface area contributed by atoms with Crippen LogP contribution in [0.1, 0.15) is 58.1 Å². The third-order valence-corrected chi connectivity index (χ3v) is 5.90. The summed E-state index contributed by atoms with van der Waals surface area (Å²) >= 11 is 0. The molecule has 1 atom stereocenters. The molecule has 38 heavy (non-hydrogen) atoms. The number of aromatic hydroxyl groups is 1. The van der Waals surface area contributed by atoms with Crippen LogP contribution in [0.5, 0.6) is 5.75 Å². The fraction of sp³-hybridized carbons (Fsp3) is 0.448. The molecular weight excluding hydrogens is 486 g/mol. The van der Waals surface area contributed by atoms with Crippen molar-refractivity contribution in [2.75, 3.05) is 19.8 Å². The van der Waals surface area contributed by atoms with E-state index in [1.807, 2.05) is 51.1 Å². The van der Waals surface area contributed by atoms with E-state index in [2.05, 4.69) is 23.7 Å². The number of ether oxygens (including phenoxy) is 3. The summed E-state index contributed by atoms with van der Waals surface area (Å²) in [6, 6.07) is 11.1. The molecule has 1 N–H and O–H groups in total. The maximum absolute atomic E-state index is 12.6. The van der Waals surface area contributed by atoms with E-state index in [0.717, 1.165) is 30.0 Å². The molecule has 0 saturated carbocycles. The van der Waals surface area contributed by atoms with Crippen molar-refractivity contribution in [2.24, 2.45) is 0 Å². The second kappa shape index (κ2) is 13.2. The first-order chi connectivity index (χ1) is 18.1. The minimum atomic E-state index is -0.714. The number of esters is 2. The lowest BCUT2D eigenvalue weighted by molar-refractivity contribution is -0.159. The fourth-order valence-electron chi connectivity index (χ4n) is 3.81. The number of hydrogen-bond acceptors (Lipinski definition) is 8. The summed E-state index contributed by atoms with van der Waals surface area (Å²) in [7, 11) is 0. The van der Waals surface area contributed by atoms with E-state index in [1.54, 1.807) is 6.07 Å². The van der Waals surface area contributed by atoms with Gasteiger partial charge >= 0.3 is 11.9 Å². The zero-order chi connectivity index (χ0) is 27.7. The van der Waals surface area contributed by atoms with Gasteiger partial charge in [0.25, 0.3) is 0 Å². The van der Waals surface area contributed by atoms with Crippen LogP contribution in [0.15, 0.2) is 49.1 Å². The summed E-state index contributed by atoms with van der Waals surface area (Å²) in [6.45, 7) is 12.0. The number of carbonyl (C=O) groups is 2. The molecule has 0 aliphatic carbocycles. The molecule has 0 fully saturated rings. The predicted molar refractivity (Wildman–Crippen MR) is 144 cm³/mol. The largest absolute Gasteiger partial charge is 0.505 e. The maximum atomic E-state index is 12.6. The molecule has 2 aromatic carbocycles. The quantitative estimate of drug-likeness (QED) is 0.193. The maximum Gasteiger partial charge on any atom is 0.330 e. The van der Waals surface area contributed by atoms with Crippen LogP contribution in [0.25, 0.3) is 16.7 Å². The number of nitrogens with zero attached hydrogens (tertiary/aromatic N) is 3. The van der Waals surface area contributed by atoms with E-state index >= 15 is 0 Å². The van der Waals surface area contributed by atoms with Gasteiger partial charge in [0.1, 0.15) is 29.1 Å². The summed E-state index contributed by atoms with van der Waals surface area (Å²) in [6.07, 6.45) is 2.69. The smallest absolute Gasteiger partial charge is 0.330 e. The summed E-state index contributed by atoms with van der Waals surface area (Å²) in [5, 5.41) is 20.1. The molecule has 0 amide bonds. The third kappa shape index (κ3) is 7.89. The normalized spacial score (nSPS) is 12.3. The number of aromatic nitrogens is 3. The number of fused-ring (bicyclic) bond motifs is 1. The number of phenolic OH excluding ortho intramolecular Hbond substituents is 1. The van der Waals surface area contributed by atoms with Crippen LogP contribution in [0, 0.1) is 0 Å². The Kier molecular flexibility index (Phi) is 10.0. The van der Waals surface area contributed by atoms with E-state index < -0.39 is 18.0 Å². The molecular formula is C29H37N3O6. The highest BCUT2D eigenvalue weighted by Gasteiger charge is 2.24. The van der Waals surface area contributed by atoms with Crippen molar-refractivity contribution in [3.8, 4) is 11.4 Å². The number of rotatable bonds is 13. The van der Waals surface area contributed by atoms with Gasteiger partial charge in [0.2, 0.25) is 0 Å². The van der Waals surface area contributed by atoms with E-state index in [9.17, 15) is 14.7 Å². The Bertz CT molecular complexity index is 1230. The lowest BCUT2D eigenvalue weighted by Gasteiger charge is -2.23. The Hall–Kier alpha value is -3.72. The minimum Gasteiger partial charge on any atom is -0.505 e. The van der Waals surface area contributed by atoms with Crippen LogP contribution < -0.4 is 0 Å². The molecule has 1 heterocycles. The second-order valence-electron chi connectivity index (χ2n) is 10.1. The molecule has 3 aromatic rings. The van der Waals surface area contributed by atoms with Gasteiger partial charge in [-0.2, -0.15) is 0 Å². The lowest BCUT2D eigenvalue weighted by Crippen LogP contribution is -2.29. The monoisotopic (exact) mass is 523 g/mol. The standard InChI is InChI=1S/C29H37N3O6/c1-6-8-15-36-18-21(38-26(33)7-2)19-37-27(34)14-13-20-16-22(29(3,4)5)28(35)25(17-20)32-30-23-11-9-10-12-24(23)31-32/h7,9-12,16-17,21,35H,2,6,8,13-15,18-19H2,1,3-5H3. The summed E-state index contributed by atoms with van der Waals surface area (Å²) in [4.78, 5) is 25.6. The number of aryl methyl sites for hydroxylation is 1. The van der Waals surface area contributed by atoms with Gasteiger partial charge in [-0.05, 0) is 42.0 Å². The molecule has 204 valence electrons. The lowest BCUT2D eigenvalue weighted by atomic mass is 9.84. The topological polar surface area (TPSA) is 113 Å². The second-order valence-corrected chi connectivity index (χ2v) is 10.1. The van der Waals surface area contributed by atoms with E-state index in [4.69, 9.17) is 14.2 Å². The van der Waals surface area contributed by atoms with Crippen molar-refractivity contribution in [1.82, 2.24) is 15.0 Å². The molecule has 3 rings (SSSR count). The molecule has 0 aliphatic heterocycles. The van der Waals surface area contributed by atoms with Crippen molar-refractivity contribution in [2.45, 2.75) is 64.9 Å². The van der Waals surface area contributed by atoms with Gasteiger partial charge in [-0.15, -0.1) is 15.0 Å². The molecule has 9 heteroatoms. The van der Waals surface area contributed by atoms with Gasteiger partial charge in [-0.3, -0.25) is 4.79 Å². The third-order valence-electron chi connectivity index (χ3n) is 5.90. The van der Waals surface area contributed by atoms with Gasteiger partial charge in [0, 0.05) is 24.7 Å². The van der Waals surface area contributed by atoms with Crippen LogP contribution in [0.2, 0.25) is 0 Å². The first-order valence-corrected chi connectivity index (χ1v) is 12.9. The first kappa shape index (κ1) is 28.8. The van der Waals surface area contributed by atoms with Crippen molar-refractivity contribution in [3.05, 3.63) is 60.2 Å². The highest BCUT2D eigenvalue weighted by molar-refractivity contribution is 5.81. The van der Waals surface area contributed by atoms with Crippen LogP contribution in [0.4, 0.5) is 0 Å². The van der Waals surface area contributed by atoms with Crippen molar-refractivity contribution >= 4 is 23.0 Å². The Morgan fingerprint density at radius 3 is 2.42 bits per heavy atom. The SMILES string of the molecule is C=CC(=O)OC(COCCCC)COC(=O)CCc1cc(-n2nc3ccccc3n2)c(O)c(C(C)(C)C)c1. The summed E-state index contributed by atoms with van der Waals surface area (Å²) in [5.41, 5.74) is 3.06. The van der Waals surface area contributed by atoms with Gasteiger partial charge in [0.05, 0.1) is 6.61 Å². The highest BCUT2D eigenvalue weighted by Crippen LogP contribution is 2.36. The molecule has 1 unspecified atom stereocenters. The van der Waals surface area contributed by atoms with Crippen LogP contribution >= 0.6 is 0 Å². The fourth-order valence-corrected chi connectivity index (χ4v) is 3.81. The molecule has 0 spiro atoms. The molecule has 0 saturated heterocycles. The number of benzene rings is 2. The van der Waals surface area contributed by atoms with Gasteiger partial charge < -0.3 is 19.3 Å². The van der Waals surface area contributed by atoms with Crippen LogP contribution in [-0.4, -0.2) is 58.0 Å². The molecule has 0 aliphatic rings. The number of phenols is 1. The Morgan fingerprint density at radius 1 is 1.13 bits per heavy atom. The highest BCUT2D eigenvalue weighted by atomic mass is 16.6. The van der Waals surface area contributed by atoms with E-state index in [1.165, 1.54) is 4.80 Å². The van der Waals surface area contributed by atoms with E-state index in [-0.39, 0.29) is 30.8 Å². The number of unbranched alkanes of at least 4 members (excludes halogenated alkanes) is 1. The summed E-state index contributed by atoms with van der Waals surface area (Å²) < 4.78 is 16.2. The zero-order valence-electron chi connectivity index (χ0n) is 22.6. The first-order valence-electron chi connectivity index (χ1n) is 12.9. The van der Waals surface area contributed by atoms with Crippen molar-refractivity contribution in [3.63, 3.8) is 0 Å². The minimum absolute atomic E-state index is 0.0964. The molecule has 0 bridgehead atoms. The number of carbonyl (C=O) groups excluding carboxylic acids is 2. The van der Waals surface area contributed by atoms with Gasteiger partial charge in [0.15, 0.2) is 6.10 Å². The predicted octanol–water partition coefficient (Wildman–Crippen LogP) is 4.81. The van der Waals surface area contributed by atoms with Gasteiger partial charge in [-0.1, -0.05) is 58.9 Å². The molecule has 0 radical (unpaired) electrons. The molecule has 9 nitrogen and oxygen atoms in total. The Labute approximate surface area is 223 Å². The van der Waals surface area contributed by atoms with Gasteiger partial charge in [-0.25, -0.2) is 4.79 Å². The van der Waals surface area contributed by atoms with Crippen molar-refractivity contribution in [1.29, 1.82) is 0 Å². The van der Waals surface area contributed by atoms with E-state index in [0.29, 0.717) is 29.7 Å². The Morgan fingerprint density at radius 2 is 1.82 bits per heavy atom. The van der Waals surface area contributed by atoms with Crippen LogP contribution in [-0.2, 0) is 35.6 Å². The zero-order valence-corrected chi connectivity index (χ0v) is 22.6. The average molecular weight is 524 g/mol. The van der Waals surface area contributed by atoms with Crippen molar-refractivity contribution < 1.29 is 28.9 Å². The molecule has 1 aromatic heterocycles. The van der Waals surface area contributed by atoms with Crippen LogP contribution in [0.3, 0.4) is 0 Å². The number of hydrogen-bond donors (Lipinski definition) is 1.